The van der Waals surface area contributed by atoms with E-state index in [9.17, 15) is 4.79 Å². The number of pyridine rings is 1. The summed E-state index contributed by atoms with van der Waals surface area (Å²) in [6, 6.07) is 13.5. The van der Waals surface area contributed by atoms with E-state index in [4.69, 9.17) is 4.74 Å². The van der Waals surface area contributed by atoms with Crippen LogP contribution in [-0.2, 0) is 17.8 Å². The number of benzene rings is 1. The Bertz CT molecular complexity index is 837. The third-order valence-electron chi connectivity index (χ3n) is 5.51. The van der Waals surface area contributed by atoms with E-state index in [1.165, 1.54) is 38.5 Å². The number of aromatic nitrogens is 1. The molecule has 0 spiro atoms. The van der Waals surface area contributed by atoms with E-state index in [0.29, 0.717) is 25.8 Å². The van der Waals surface area contributed by atoms with Crippen LogP contribution in [0.4, 0.5) is 0 Å². The molecule has 1 aliphatic rings. The topological polar surface area (TPSA) is 67.7 Å². The Labute approximate surface area is 179 Å². The standard InChI is InChI=1S/C24H34N4O2/c1-25-24(26-15-17-30-22-8-4-2-3-5-9-22)27-18-20-11-13-21(14-12-20)19-28-16-7-6-10-23(28)29/h6-7,10-14,16,22H,2-5,8-9,15,17-19H2,1H3,(H2,25,26,27). The van der Waals surface area contributed by atoms with Gasteiger partial charge in [0.25, 0.3) is 5.56 Å². The molecule has 6 nitrogen and oxygen atoms in total. The van der Waals surface area contributed by atoms with Gasteiger partial charge in [-0.15, -0.1) is 0 Å². The molecule has 0 bridgehead atoms. The summed E-state index contributed by atoms with van der Waals surface area (Å²) in [6.45, 7) is 2.73. The predicted octanol–water partition coefficient (Wildman–Crippen LogP) is 3.30. The van der Waals surface area contributed by atoms with Gasteiger partial charge in [0.1, 0.15) is 0 Å². The van der Waals surface area contributed by atoms with Crippen LogP contribution in [0.2, 0.25) is 0 Å². The second kappa shape index (κ2) is 12.2. The van der Waals surface area contributed by atoms with Gasteiger partial charge in [-0.1, -0.05) is 56.0 Å². The molecule has 1 fully saturated rings. The highest BCUT2D eigenvalue weighted by molar-refractivity contribution is 5.79. The maximum absolute atomic E-state index is 11.8. The minimum Gasteiger partial charge on any atom is -0.376 e. The van der Waals surface area contributed by atoms with Crippen molar-refractivity contribution in [1.29, 1.82) is 0 Å². The largest absolute Gasteiger partial charge is 0.376 e. The Kier molecular flexibility index (Phi) is 8.97. The lowest BCUT2D eigenvalue weighted by atomic mass is 10.1. The third-order valence-corrected chi connectivity index (χ3v) is 5.51. The smallest absolute Gasteiger partial charge is 0.250 e. The monoisotopic (exact) mass is 410 g/mol. The molecule has 1 aromatic heterocycles. The molecule has 0 unspecified atom stereocenters. The zero-order chi connectivity index (χ0) is 21.0. The molecule has 6 heteroatoms. The number of ether oxygens (including phenoxy) is 1. The summed E-state index contributed by atoms with van der Waals surface area (Å²) >= 11 is 0. The first-order chi connectivity index (χ1) is 14.7. The lowest BCUT2D eigenvalue weighted by Crippen LogP contribution is -2.38. The van der Waals surface area contributed by atoms with Gasteiger partial charge >= 0.3 is 0 Å². The Morgan fingerprint density at radius 2 is 1.77 bits per heavy atom. The van der Waals surface area contributed by atoms with Gasteiger partial charge in [-0.25, -0.2) is 0 Å². The van der Waals surface area contributed by atoms with Crippen molar-refractivity contribution in [1.82, 2.24) is 15.2 Å². The zero-order valence-electron chi connectivity index (χ0n) is 18.0. The predicted molar refractivity (Wildman–Crippen MR) is 122 cm³/mol. The van der Waals surface area contributed by atoms with Crippen molar-refractivity contribution in [3.8, 4) is 0 Å². The average molecular weight is 411 g/mol. The van der Waals surface area contributed by atoms with E-state index in [0.717, 1.165) is 23.6 Å². The molecular formula is C24H34N4O2. The lowest BCUT2D eigenvalue weighted by Gasteiger charge is -2.17. The molecule has 162 valence electrons. The average Bonchev–Trinajstić information content (AvgIpc) is 3.05. The summed E-state index contributed by atoms with van der Waals surface area (Å²) < 4.78 is 7.73. The Morgan fingerprint density at radius 3 is 2.47 bits per heavy atom. The molecule has 2 N–H and O–H groups in total. The Hall–Kier alpha value is -2.60. The number of hydrogen-bond donors (Lipinski definition) is 2. The summed E-state index contributed by atoms with van der Waals surface area (Å²) in [5.74, 6) is 0.777. The normalized spacial score (nSPS) is 15.6. The number of guanidine groups is 1. The minimum absolute atomic E-state index is 0.0149. The molecule has 0 amide bonds. The number of nitrogens with zero attached hydrogens (tertiary/aromatic N) is 2. The van der Waals surface area contributed by atoms with E-state index in [1.807, 2.05) is 12.3 Å². The maximum atomic E-state index is 11.8. The van der Waals surface area contributed by atoms with Gasteiger partial charge in [0.2, 0.25) is 0 Å². The molecule has 1 aromatic carbocycles. The highest BCUT2D eigenvalue weighted by Gasteiger charge is 2.12. The first-order valence-electron chi connectivity index (χ1n) is 11.0. The van der Waals surface area contributed by atoms with Crippen LogP contribution in [0.5, 0.6) is 0 Å². The summed E-state index contributed by atoms with van der Waals surface area (Å²) in [6.07, 6.45) is 9.91. The molecule has 3 rings (SSSR count). The van der Waals surface area contributed by atoms with Crippen LogP contribution in [0.3, 0.4) is 0 Å². The summed E-state index contributed by atoms with van der Waals surface area (Å²) in [4.78, 5) is 16.1. The van der Waals surface area contributed by atoms with Crippen molar-refractivity contribution >= 4 is 5.96 Å². The van der Waals surface area contributed by atoms with Gasteiger partial charge in [0, 0.05) is 32.4 Å². The Morgan fingerprint density at radius 1 is 1.03 bits per heavy atom. The molecule has 0 saturated heterocycles. The van der Waals surface area contributed by atoms with Gasteiger partial charge < -0.3 is 19.9 Å². The van der Waals surface area contributed by atoms with Crippen LogP contribution in [0.15, 0.2) is 58.4 Å². The van der Waals surface area contributed by atoms with E-state index >= 15 is 0 Å². The molecule has 1 saturated carbocycles. The number of aliphatic imine (C=N–C) groups is 1. The van der Waals surface area contributed by atoms with Crippen molar-refractivity contribution in [3.05, 3.63) is 70.1 Å². The van der Waals surface area contributed by atoms with Crippen molar-refractivity contribution < 1.29 is 4.74 Å². The molecule has 1 heterocycles. The minimum atomic E-state index is 0.0149. The van der Waals surface area contributed by atoms with Gasteiger partial charge in [-0.2, -0.15) is 0 Å². The van der Waals surface area contributed by atoms with Crippen LogP contribution < -0.4 is 16.2 Å². The van der Waals surface area contributed by atoms with Crippen LogP contribution in [0, 0.1) is 0 Å². The first-order valence-corrected chi connectivity index (χ1v) is 11.0. The molecule has 0 aliphatic heterocycles. The Balaban J connectivity index is 1.38. The van der Waals surface area contributed by atoms with Gasteiger partial charge in [0.05, 0.1) is 19.3 Å². The fourth-order valence-electron chi connectivity index (χ4n) is 3.76. The number of nitrogens with one attached hydrogen (secondary N) is 2. The zero-order valence-corrected chi connectivity index (χ0v) is 18.0. The van der Waals surface area contributed by atoms with Gasteiger partial charge in [-0.05, 0) is 30.0 Å². The molecule has 30 heavy (non-hydrogen) atoms. The quantitative estimate of drug-likeness (QED) is 0.303. The molecule has 0 radical (unpaired) electrons. The summed E-state index contributed by atoms with van der Waals surface area (Å²) in [7, 11) is 1.78. The van der Waals surface area contributed by atoms with Crippen LogP contribution in [0.25, 0.3) is 0 Å². The van der Waals surface area contributed by atoms with Gasteiger partial charge in [-0.3, -0.25) is 9.79 Å². The highest BCUT2D eigenvalue weighted by atomic mass is 16.5. The van der Waals surface area contributed by atoms with Crippen LogP contribution in [0.1, 0.15) is 49.7 Å². The SMILES string of the molecule is CN=C(NCCOC1CCCCCC1)NCc1ccc(Cn2ccccc2=O)cc1. The fourth-order valence-corrected chi connectivity index (χ4v) is 3.76. The third kappa shape index (κ3) is 7.34. The number of hydrogen-bond acceptors (Lipinski definition) is 3. The van der Waals surface area contributed by atoms with E-state index in [1.54, 1.807) is 23.7 Å². The van der Waals surface area contributed by atoms with Crippen molar-refractivity contribution in [2.24, 2.45) is 4.99 Å². The molecular weight excluding hydrogens is 376 g/mol. The first kappa shape index (κ1) is 22.1. The van der Waals surface area contributed by atoms with Crippen LogP contribution in [-0.4, -0.2) is 36.8 Å². The van der Waals surface area contributed by atoms with Crippen molar-refractivity contribution in [2.45, 2.75) is 57.7 Å². The second-order valence-electron chi connectivity index (χ2n) is 7.82. The highest BCUT2D eigenvalue weighted by Crippen LogP contribution is 2.19. The van der Waals surface area contributed by atoms with E-state index < -0.39 is 0 Å². The lowest BCUT2D eigenvalue weighted by molar-refractivity contribution is 0.0468. The fraction of sp³-hybridized carbons (Fsp3) is 0.500. The molecule has 1 aliphatic carbocycles. The van der Waals surface area contributed by atoms with Crippen molar-refractivity contribution in [3.63, 3.8) is 0 Å². The van der Waals surface area contributed by atoms with Crippen molar-refractivity contribution in [2.75, 3.05) is 20.2 Å². The van der Waals surface area contributed by atoms with Crippen LogP contribution >= 0.6 is 0 Å². The molecule has 0 atom stereocenters. The second-order valence-corrected chi connectivity index (χ2v) is 7.82. The number of rotatable bonds is 8. The summed E-state index contributed by atoms with van der Waals surface area (Å²) in [5.41, 5.74) is 2.28. The van der Waals surface area contributed by atoms with Gasteiger partial charge in [0.15, 0.2) is 5.96 Å². The van der Waals surface area contributed by atoms with E-state index in [2.05, 4.69) is 39.9 Å². The molecule has 2 aromatic rings. The summed E-state index contributed by atoms with van der Waals surface area (Å²) in [5, 5.41) is 6.66. The van der Waals surface area contributed by atoms with E-state index in [-0.39, 0.29) is 5.56 Å². The maximum Gasteiger partial charge on any atom is 0.250 e.